The highest BCUT2D eigenvalue weighted by molar-refractivity contribution is 6.30. The van der Waals surface area contributed by atoms with E-state index in [0.29, 0.717) is 11.6 Å². The summed E-state index contributed by atoms with van der Waals surface area (Å²) in [5.74, 6) is -1.68. The normalized spacial score (nSPS) is 22.7. The molecule has 1 fully saturated rings. The molecule has 18 heavy (non-hydrogen) atoms. The summed E-state index contributed by atoms with van der Waals surface area (Å²) >= 11 is 5.82. The quantitative estimate of drug-likeness (QED) is 0.670. The van der Waals surface area contributed by atoms with E-state index < -0.39 is 11.9 Å². The molecule has 4 nitrogen and oxygen atoms in total. The van der Waals surface area contributed by atoms with Gasteiger partial charge in [-0.15, -0.1) is 0 Å². The number of ether oxygens (including phenoxy) is 1. The van der Waals surface area contributed by atoms with Gasteiger partial charge in [0.2, 0.25) is 5.91 Å². The van der Waals surface area contributed by atoms with Crippen molar-refractivity contribution in [2.75, 3.05) is 13.2 Å². The molecule has 0 radical (unpaired) electrons. The summed E-state index contributed by atoms with van der Waals surface area (Å²) in [5.41, 5.74) is 0.913. The van der Waals surface area contributed by atoms with Crippen molar-refractivity contribution in [3.05, 3.63) is 34.9 Å². The van der Waals surface area contributed by atoms with Crippen LogP contribution in [0.25, 0.3) is 0 Å². The van der Waals surface area contributed by atoms with E-state index in [1.807, 2.05) is 12.1 Å². The van der Waals surface area contributed by atoms with Crippen LogP contribution in [0.1, 0.15) is 18.4 Å². The number of carbonyl (C=O) groups is 2. The molecule has 1 amide bonds. The van der Waals surface area contributed by atoms with E-state index in [-0.39, 0.29) is 18.4 Å². The van der Waals surface area contributed by atoms with Gasteiger partial charge in [-0.2, -0.15) is 0 Å². The van der Waals surface area contributed by atoms with Gasteiger partial charge >= 0.3 is 5.97 Å². The van der Waals surface area contributed by atoms with E-state index in [0.717, 1.165) is 5.56 Å². The Morgan fingerprint density at radius 1 is 1.44 bits per heavy atom. The summed E-state index contributed by atoms with van der Waals surface area (Å²) < 4.78 is 4.95. The van der Waals surface area contributed by atoms with Gasteiger partial charge in [-0.05, 0) is 24.6 Å². The second kappa shape index (κ2) is 5.40. The van der Waals surface area contributed by atoms with Gasteiger partial charge in [0.15, 0.2) is 0 Å². The van der Waals surface area contributed by atoms with E-state index >= 15 is 0 Å². The van der Waals surface area contributed by atoms with E-state index in [2.05, 4.69) is 5.32 Å². The van der Waals surface area contributed by atoms with Crippen LogP contribution in [0.3, 0.4) is 0 Å². The topological polar surface area (TPSA) is 55.4 Å². The smallest absolute Gasteiger partial charge is 0.319 e. The zero-order chi connectivity index (χ0) is 13.1. The molecule has 1 aromatic rings. The molecule has 0 aromatic heterocycles. The first kappa shape index (κ1) is 12.9. The number of halogens is 1. The van der Waals surface area contributed by atoms with Crippen molar-refractivity contribution in [3.63, 3.8) is 0 Å². The van der Waals surface area contributed by atoms with Gasteiger partial charge in [0, 0.05) is 17.5 Å². The Hall–Kier alpha value is -1.55. The number of amides is 1. The summed E-state index contributed by atoms with van der Waals surface area (Å²) in [4.78, 5) is 23.5. The number of hydrogen-bond acceptors (Lipinski definition) is 3. The molecule has 2 atom stereocenters. The standard InChI is InChI=1S/C13H14ClNO3/c1-2-18-13(17)11-10(7-15-12(11)16)8-3-5-9(14)6-4-8/h3-6,10-11H,2,7H2,1H3,(H,15,16)/t10-,11+/m1/s1. The highest BCUT2D eigenvalue weighted by Gasteiger charge is 2.41. The van der Waals surface area contributed by atoms with Crippen LogP contribution in [0.5, 0.6) is 0 Å². The Morgan fingerprint density at radius 3 is 2.72 bits per heavy atom. The lowest BCUT2D eigenvalue weighted by atomic mass is 9.88. The second-order valence-corrected chi connectivity index (χ2v) is 4.57. The van der Waals surface area contributed by atoms with Gasteiger partial charge in [-0.1, -0.05) is 23.7 Å². The van der Waals surface area contributed by atoms with E-state index in [1.165, 1.54) is 0 Å². The van der Waals surface area contributed by atoms with Crippen molar-refractivity contribution in [2.45, 2.75) is 12.8 Å². The third-order valence-electron chi connectivity index (χ3n) is 3.02. The first-order chi connectivity index (χ1) is 8.63. The third kappa shape index (κ3) is 2.48. The predicted octanol–water partition coefficient (Wildman–Crippen LogP) is 1.73. The van der Waals surface area contributed by atoms with Crippen LogP contribution in [0.15, 0.2) is 24.3 Å². The van der Waals surface area contributed by atoms with Gasteiger partial charge in [0.1, 0.15) is 5.92 Å². The molecule has 5 heteroatoms. The molecule has 1 aliphatic heterocycles. The predicted molar refractivity (Wildman–Crippen MR) is 67.3 cm³/mol. The maximum Gasteiger partial charge on any atom is 0.319 e. The molecular weight excluding hydrogens is 254 g/mol. The van der Waals surface area contributed by atoms with Crippen LogP contribution in [0.4, 0.5) is 0 Å². The van der Waals surface area contributed by atoms with Crippen molar-refractivity contribution in [3.8, 4) is 0 Å². The maximum absolute atomic E-state index is 11.8. The van der Waals surface area contributed by atoms with Gasteiger partial charge in [-0.3, -0.25) is 9.59 Å². The molecule has 0 spiro atoms. The fraction of sp³-hybridized carbons (Fsp3) is 0.385. The van der Waals surface area contributed by atoms with E-state index in [4.69, 9.17) is 16.3 Å². The fourth-order valence-corrected chi connectivity index (χ4v) is 2.27. The zero-order valence-corrected chi connectivity index (χ0v) is 10.7. The minimum absolute atomic E-state index is 0.186. The minimum Gasteiger partial charge on any atom is -0.465 e. The maximum atomic E-state index is 11.8. The van der Waals surface area contributed by atoms with Crippen LogP contribution in [0.2, 0.25) is 5.02 Å². The van der Waals surface area contributed by atoms with Crippen molar-refractivity contribution in [1.82, 2.24) is 5.32 Å². The Kier molecular flexibility index (Phi) is 3.87. The summed E-state index contributed by atoms with van der Waals surface area (Å²) in [5, 5.41) is 3.33. The summed E-state index contributed by atoms with van der Waals surface area (Å²) in [6.07, 6.45) is 0. The van der Waals surface area contributed by atoms with Crippen molar-refractivity contribution in [1.29, 1.82) is 0 Å². The van der Waals surface area contributed by atoms with Crippen LogP contribution >= 0.6 is 11.6 Å². The minimum atomic E-state index is -0.758. The van der Waals surface area contributed by atoms with E-state index in [1.54, 1.807) is 19.1 Å². The Bertz CT molecular complexity index is 458. The number of benzene rings is 1. The van der Waals surface area contributed by atoms with Crippen molar-refractivity contribution in [2.24, 2.45) is 5.92 Å². The fourth-order valence-electron chi connectivity index (χ4n) is 2.14. The lowest BCUT2D eigenvalue weighted by Gasteiger charge is -2.15. The highest BCUT2D eigenvalue weighted by atomic mass is 35.5. The number of nitrogens with one attached hydrogen (secondary N) is 1. The Labute approximate surface area is 110 Å². The largest absolute Gasteiger partial charge is 0.465 e. The summed E-state index contributed by atoms with van der Waals surface area (Å²) in [6, 6.07) is 7.17. The highest BCUT2D eigenvalue weighted by Crippen LogP contribution is 2.30. The van der Waals surface area contributed by atoms with Gasteiger partial charge in [0.25, 0.3) is 0 Å². The lowest BCUT2D eigenvalue weighted by molar-refractivity contribution is -0.151. The number of carbonyl (C=O) groups excluding carboxylic acids is 2. The van der Waals surface area contributed by atoms with Crippen LogP contribution < -0.4 is 5.32 Å². The van der Waals surface area contributed by atoms with Gasteiger partial charge in [-0.25, -0.2) is 0 Å². The number of rotatable bonds is 3. The number of hydrogen-bond donors (Lipinski definition) is 1. The van der Waals surface area contributed by atoms with Gasteiger partial charge < -0.3 is 10.1 Å². The van der Waals surface area contributed by atoms with Crippen LogP contribution in [0, 0.1) is 5.92 Å². The molecule has 1 aliphatic rings. The lowest BCUT2D eigenvalue weighted by Crippen LogP contribution is -2.28. The third-order valence-corrected chi connectivity index (χ3v) is 3.27. The van der Waals surface area contributed by atoms with Crippen LogP contribution in [-0.4, -0.2) is 25.0 Å². The molecule has 1 aromatic carbocycles. The molecule has 0 aliphatic carbocycles. The van der Waals surface area contributed by atoms with Crippen molar-refractivity contribution < 1.29 is 14.3 Å². The SMILES string of the molecule is CCOC(=O)[C@@H]1C(=O)NC[C@@H]1c1ccc(Cl)cc1. The Balaban J connectivity index is 2.23. The average molecular weight is 268 g/mol. The average Bonchev–Trinajstić information content (AvgIpc) is 2.72. The molecule has 2 rings (SSSR count). The second-order valence-electron chi connectivity index (χ2n) is 4.13. The number of esters is 1. The molecule has 1 saturated heterocycles. The molecular formula is C13H14ClNO3. The molecule has 0 saturated carbocycles. The van der Waals surface area contributed by atoms with Crippen molar-refractivity contribution >= 4 is 23.5 Å². The summed E-state index contributed by atoms with van der Waals surface area (Å²) in [6.45, 7) is 2.45. The van der Waals surface area contributed by atoms with Crippen LogP contribution in [-0.2, 0) is 14.3 Å². The first-order valence-corrected chi connectivity index (χ1v) is 6.21. The summed E-state index contributed by atoms with van der Waals surface area (Å²) in [7, 11) is 0. The molecule has 96 valence electrons. The van der Waals surface area contributed by atoms with Gasteiger partial charge in [0.05, 0.1) is 6.61 Å². The molecule has 1 N–H and O–H groups in total. The Morgan fingerprint density at radius 2 is 2.11 bits per heavy atom. The molecule has 1 heterocycles. The van der Waals surface area contributed by atoms with E-state index in [9.17, 15) is 9.59 Å². The zero-order valence-electron chi connectivity index (χ0n) is 9.98. The molecule has 0 bridgehead atoms. The first-order valence-electron chi connectivity index (χ1n) is 5.83. The monoisotopic (exact) mass is 267 g/mol. The molecule has 0 unspecified atom stereocenters.